The van der Waals surface area contributed by atoms with E-state index in [0.717, 1.165) is 39.5 Å². The van der Waals surface area contributed by atoms with Gasteiger partial charge >= 0.3 is 0 Å². The number of nitrogens with zero attached hydrogens (tertiary/aromatic N) is 2. The molecule has 0 amide bonds. The molecule has 6 rings (SSSR count). The number of rotatable bonds is 6. The van der Waals surface area contributed by atoms with E-state index in [4.69, 9.17) is 9.97 Å². The van der Waals surface area contributed by atoms with E-state index in [1.807, 2.05) is 12.1 Å². The van der Waals surface area contributed by atoms with Crippen molar-refractivity contribution in [2.75, 3.05) is 0 Å². The molecular weight excluding hydrogens is 472 g/mol. The fraction of sp³-hybridized carbons (Fsp3) is 0.0811. The normalized spacial score (nSPS) is 11.3. The van der Waals surface area contributed by atoms with Crippen LogP contribution in [0.5, 0.6) is 0 Å². The first-order valence-corrected chi connectivity index (χ1v) is 13.3. The monoisotopic (exact) mass is 502 g/mol. The Morgan fingerprint density at radius 1 is 0.359 bits per heavy atom. The summed E-state index contributed by atoms with van der Waals surface area (Å²) in [4.78, 5) is 10.4. The first kappa shape index (κ1) is 24.5. The molecule has 2 aromatic heterocycles. The summed E-state index contributed by atoms with van der Waals surface area (Å²) in [6.45, 7) is 4.43. The Kier molecular flexibility index (Phi) is 6.61. The van der Waals surface area contributed by atoms with Gasteiger partial charge in [-0.15, -0.1) is 0 Å². The molecule has 39 heavy (non-hydrogen) atoms. The molecule has 0 N–H and O–H groups in total. The van der Waals surface area contributed by atoms with Crippen LogP contribution in [0.3, 0.4) is 0 Å². The van der Waals surface area contributed by atoms with Crippen LogP contribution in [0.1, 0.15) is 25.2 Å². The van der Waals surface area contributed by atoms with E-state index in [1.165, 1.54) is 16.7 Å². The molecule has 0 aliphatic carbocycles. The Morgan fingerprint density at radius 3 is 1.54 bits per heavy atom. The minimum atomic E-state index is -0.415. The molecule has 6 aromatic rings. The molecule has 0 bridgehead atoms. The van der Waals surface area contributed by atoms with E-state index in [2.05, 4.69) is 147 Å². The lowest BCUT2D eigenvalue weighted by atomic mass is 9.83. The van der Waals surface area contributed by atoms with Crippen LogP contribution in [0.2, 0.25) is 0 Å². The van der Waals surface area contributed by atoms with Gasteiger partial charge in [-0.2, -0.15) is 0 Å². The van der Waals surface area contributed by atoms with Crippen molar-refractivity contribution in [3.63, 3.8) is 0 Å². The summed E-state index contributed by atoms with van der Waals surface area (Å²) >= 11 is 0. The standard InChI is InChI=1S/C37H30N2/c1-37(2,35-23-13-22-33(38-35)31-21-12-20-30(24-31)27-14-6-3-7-15-27)36-26-32(28-16-8-4-9-17-28)25-34(39-36)29-18-10-5-11-19-29/h3-26H,1-2H3. The Balaban J connectivity index is 1.43. The zero-order chi connectivity index (χ0) is 26.7. The average molecular weight is 503 g/mol. The highest BCUT2D eigenvalue weighted by Crippen LogP contribution is 2.35. The molecular formula is C37H30N2. The van der Waals surface area contributed by atoms with Gasteiger partial charge < -0.3 is 0 Å². The van der Waals surface area contributed by atoms with Crippen LogP contribution < -0.4 is 0 Å². The summed E-state index contributed by atoms with van der Waals surface area (Å²) in [6.07, 6.45) is 0. The molecule has 0 radical (unpaired) electrons. The smallest absolute Gasteiger partial charge is 0.0711 e. The second kappa shape index (κ2) is 10.5. The van der Waals surface area contributed by atoms with Crippen molar-refractivity contribution in [2.24, 2.45) is 0 Å². The zero-order valence-electron chi connectivity index (χ0n) is 22.3. The van der Waals surface area contributed by atoms with Crippen LogP contribution in [0, 0.1) is 0 Å². The molecule has 4 aromatic carbocycles. The first-order chi connectivity index (χ1) is 19.1. The van der Waals surface area contributed by atoms with Gasteiger partial charge in [0.2, 0.25) is 0 Å². The number of hydrogen-bond acceptors (Lipinski definition) is 2. The van der Waals surface area contributed by atoms with Crippen LogP contribution in [-0.2, 0) is 5.41 Å². The lowest BCUT2D eigenvalue weighted by molar-refractivity contribution is 0.597. The van der Waals surface area contributed by atoms with Crippen LogP contribution in [0.4, 0.5) is 0 Å². The Bertz CT molecular complexity index is 1650. The van der Waals surface area contributed by atoms with Gasteiger partial charge in [-0.25, -0.2) is 0 Å². The molecule has 0 saturated heterocycles. The minimum absolute atomic E-state index is 0.415. The van der Waals surface area contributed by atoms with Crippen LogP contribution in [-0.4, -0.2) is 9.97 Å². The lowest BCUT2D eigenvalue weighted by Gasteiger charge is -2.26. The van der Waals surface area contributed by atoms with Gasteiger partial charge in [-0.1, -0.05) is 115 Å². The molecule has 2 heteroatoms. The van der Waals surface area contributed by atoms with Crippen molar-refractivity contribution in [2.45, 2.75) is 19.3 Å². The van der Waals surface area contributed by atoms with E-state index < -0.39 is 5.41 Å². The van der Waals surface area contributed by atoms with E-state index in [9.17, 15) is 0 Å². The van der Waals surface area contributed by atoms with E-state index in [-0.39, 0.29) is 0 Å². The summed E-state index contributed by atoms with van der Waals surface area (Å²) in [5, 5.41) is 0. The number of hydrogen-bond donors (Lipinski definition) is 0. The average Bonchev–Trinajstić information content (AvgIpc) is 3.02. The number of benzene rings is 4. The number of pyridine rings is 2. The molecule has 0 fully saturated rings. The second-order valence-corrected chi connectivity index (χ2v) is 10.3. The van der Waals surface area contributed by atoms with Crippen LogP contribution in [0.25, 0.3) is 44.8 Å². The maximum Gasteiger partial charge on any atom is 0.0711 e. The Labute approximate surface area is 230 Å². The maximum absolute atomic E-state index is 5.19. The molecule has 188 valence electrons. The van der Waals surface area contributed by atoms with Crippen molar-refractivity contribution in [3.8, 4) is 44.8 Å². The summed E-state index contributed by atoms with van der Waals surface area (Å²) < 4.78 is 0. The van der Waals surface area contributed by atoms with Crippen molar-refractivity contribution < 1.29 is 0 Å². The number of aromatic nitrogens is 2. The Hall–Kier alpha value is -4.82. The van der Waals surface area contributed by atoms with Gasteiger partial charge in [0.25, 0.3) is 0 Å². The predicted octanol–water partition coefficient (Wildman–Crippen LogP) is 9.47. The largest absolute Gasteiger partial charge is 0.252 e. The van der Waals surface area contributed by atoms with Crippen molar-refractivity contribution in [1.29, 1.82) is 0 Å². The minimum Gasteiger partial charge on any atom is -0.252 e. The van der Waals surface area contributed by atoms with Gasteiger partial charge in [0.15, 0.2) is 0 Å². The highest BCUT2D eigenvalue weighted by molar-refractivity contribution is 5.73. The molecule has 2 heterocycles. The van der Waals surface area contributed by atoms with Crippen molar-refractivity contribution in [3.05, 3.63) is 157 Å². The lowest BCUT2D eigenvalue weighted by Crippen LogP contribution is -2.22. The summed E-state index contributed by atoms with van der Waals surface area (Å²) in [5.41, 5.74) is 10.4. The quantitative estimate of drug-likeness (QED) is 0.227. The van der Waals surface area contributed by atoms with E-state index >= 15 is 0 Å². The maximum atomic E-state index is 5.19. The fourth-order valence-corrected chi connectivity index (χ4v) is 4.97. The topological polar surface area (TPSA) is 25.8 Å². The summed E-state index contributed by atoms with van der Waals surface area (Å²) in [7, 11) is 0. The fourth-order valence-electron chi connectivity index (χ4n) is 4.97. The molecule has 0 unspecified atom stereocenters. The molecule has 0 spiro atoms. The van der Waals surface area contributed by atoms with Crippen LogP contribution in [0.15, 0.2) is 146 Å². The second-order valence-electron chi connectivity index (χ2n) is 10.3. The van der Waals surface area contributed by atoms with Gasteiger partial charge in [0.1, 0.15) is 0 Å². The van der Waals surface area contributed by atoms with Crippen molar-refractivity contribution >= 4 is 0 Å². The van der Waals surface area contributed by atoms with Gasteiger partial charge in [-0.05, 0) is 66.4 Å². The first-order valence-electron chi connectivity index (χ1n) is 13.3. The Morgan fingerprint density at radius 2 is 0.872 bits per heavy atom. The van der Waals surface area contributed by atoms with Crippen LogP contribution >= 0.6 is 0 Å². The summed E-state index contributed by atoms with van der Waals surface area (Å²) in [6, 6.07) is 50.7. The predicted molar refractivity (Wildman–Crippen MR) is 162 cm³/mol. The third kappa shape index (κ3) is 5.15. The zero-order valence-corrected chi connectivity index (χ0v) is 22.3. The molecule has 0 saturated carbocycles. The van der Waals surface area contributed by atoms with E-state index in [1.54, 1.807) is 0 Å². The SMILES string of the molecule is CC(C)(c1cccc(-c2cccc(-c3ccccc3)c2)n1)c1cc(-c2ccccc2)cc(-c2ccccc2)n1. The van der Waals surface area contributed by atoms with Gasteiger partial charge in [-0.3, -0.25) is 9.97 Å². The third-order valence-electron chi connectivity index (χ3n) is 7.30. The molecule has 0 aliphatic rings. The van der Waals surface area contributed by atoms with Gasteiger partial charge in [0.05, 0.1) is 22.8 Å². The van der Waals surface area contributed by atoms with Gasteiger partial charge in [0, 0.05) is 16.5 Å². The molecule has 0 atom stereocenters. The molecule has 2 nitrogen and oxygen atoms in total. The highest BCUT2D eigenvalue weighted by atomic mass is 14.8. The van der Waals surface area contributed by atoms with Crippen molar-refractivity contribution in [1.82, 2.24) is 9.97 Å². The highest BCUT2D eigenvalue weighted by Gasteiger charge is 2.28. The third-order valence-corrected chi connectivity index (χ3v) is 7.30. The molecule has 0 aliphatic heterocycles. The van der Waals surface area contributed by atoms with E-state index in [0.29, 0.717) is 0 Å². The summed E-state index contributed by atoms with van der Waals surface area (Å²) in [5.74, 6) is 0.